The smallest absolute Gasteiger partial charge is 0.341 e. The van der Waals surface area contributed by atoms with Gasteiger partial charge in [-0.05, 0) is 24.3 Å². The van der Waals surface area contributed by atoms with E-state index in [1.807, 2.05) is 11.6 Å². The number of benzene rings is 1. The van der Waals surface area contributed by atoms with Crippen LogP contribution in [0.3, 0.4) is 0 Å². The van der Waals surface area contributed by atoms with E-state index in [-0.39, 0.29) is 0 Å². The SMILES string of the molecule is Cn1ccnc1CNc1ccc(S(=O)(=O)C(F)F)cc1. The van der Waals surface area contributed by atoms with Crippen LogP contribution in [0.1, 0.15) is 5.82 Å². The van der Waals surface area contributed by atoms with Crippen molar-refractivity contribution in [1.82, 2.24) is 9.55 Å². The van der Waals surface area contributed by atoms with Crippen LogP contribution in [-0.4, -0.2) is 23.7 Å². The highest BCUT2D eigenvalue weighted by Gasteiger charge is 2.26. The second-order valence-corrected chi connectivity index (χ2v) is 6.06. The summed E-state index contributed by atoms with van der Waals surface area (Å²) in [6.07, 6.45) is 3.46. The lowest BCUT2D eigenvalue weighted by molar-refractivity contribution is 0.234. The van der Waals surface area contributed by atoms with Crippen molar-refractivity contribution in [2.24, 2.45) is 7.05 Å². The highest BCUT2D eigenvalue weighted by molar-refractivity contribution is 7.91. The average Bonchev–Trinajstić information content (AvgIpc) is 2.82. The lowest BCUT2D eigenvalue weighted by Crippen LogP contribution is -2.11. The van der Waals surface area contributed by atoms with E-state index >= 15 is 0 Å². The maximum Gasteiger partial charge on any atom is 0.341 e. The summed E-state index contributed by atoms with van der Waals surface area (Å²) in [6, 6.07) is 5.20. The van der Waals surface area contributed by atoms with Crippen molar-refractivity contribution >= 4 is 15.5 Å². The molecule has 0 bridgehead atoms. The molecule has 8 heteroatoms. The van der Waals surface area contributed by atoms with Crippen LogP contribution in [0.2, 0.25) is 0 Å². The lowest BCUT2D eigenvalue weighted by Gasteiger charge is -2.08. The Balaban J connectivity index is 2.08. The minimum Gasteiger partial charge on any atom is -0.378 e. The van der Waals surface area contributed by atoms with E-state index in [1.165, 1.54) is 12.1 Å². The molecule has 0 atom stereocenters. The van der Waals surface area contributed by atoms with Gasteiger partial charge in [-0.1, -0.05) is 0 Å². The van der Waals surface area contributed by atoms with Crippen LogP contribution < -0.4 is 5.32 Å². The van der Waals surface area contributed by atoms with Crippen LogP contribution in [0, 0.1) is 0 Å². The van der Waals surface area contributed by atoms with Gasteiger partial charge < -0.3 is 9.88 Å². The van der Waals surface area contributed by atoms with Gasteiger partial charge in [0.15, 0.2) is 0 Å². The monoisotopic (exact) mass is 301 g/mol. The average molecular weight is 301 g/mol. The standard InChI is InChI=1S/C12H13F2N3O2S/c1-17-7-6-15-11(17)8-16-9-2-4-10(5-3-9)20(18,19)12(13)14/h2-7,12,16H,8H2,1H3. The maximum atomic E-state index is 12.4. The van der Waals surface area contributed by atoms with Crippen LogP contribution in [0.25, 0.3) is 0 Å². The van der Waals surface area contributed by atoms with Crippen molar-refractivity contribution in [3.63, 3.8) is 0 Å². The Morgan fingerprint density at radius 1 is 1.30 bits per heavy atom. The fraction of sp³-hybridized carbons (Fsp3) is 0.250. The van der Waals surface area contributed by atoms with Crippen molar-refractivity contribution in [3.05, 3.63) is 42.5 Å². The molecular formula is C12H13F2N3O2S. The highest BCUT2D eigenvalue weighted by atomic mass is 32.2. The van der Waals surface area contributed by atoms with Gasteiger partial charge in [0.2, 0.25) is 9.84 Å². The molecule has 2 rings (SSSR count). The van der Waals surface area contributed by atoms with E-state index in [0.29, 0.717) is 12.2 Å². The molecule has 0 aliphatic heterocycles. The van der Waals surface area contributed by atoms with E-state index in [2.05, 4.69) is 10.3 Å². The molecule has 0 aliphatic carbocycles. The fourth-order valence-electron chi connectivity index (χ4n) is 1.61. The number of alkyl halides is 2. The van der Waals surface area contributed by atoms with Crippen molar-refractivity contribution in [2.75, 3.05) is 5.32 Å². The van der Waals surface area contributed by atoms with E-state index in [1.54, 1.807) is 12.4 Å². The second kappa shape index (κ2) is 5.58. The van der Waals surface area contributed by atoms with Gasteiger partial charge in [0.05, 0.1) is 11.4 Å². The minimum atomic E-state index is -4.54. The van der Waals surface area contributed by atoms with Crippen LogP contribution in [-0.2, 0) is 23.4 Å². The predicted octanol–water partition coefficient (Wildman–Crippen LogP) is 2.03. The zero-order valence-electron chi connectivity index (χ0n) is 10.6. The Hall–Kier alpha value is -1.96. The molecule has 108 valence electrons. The molecule has 20 heavy (non-hydrogen) atoms. The summed E-state index contributed by atoms with van der Waals surface area (Å²) in [5, 5.41) is 3.03. The molecule has 1 N–H and O–H groups in total. The van der Waals surface area contributed by atoms with Gasteiger partial charge >= 0.3 is 5.76 Å². The first-order valence-electron chi connectivity index (χ1n) is 5.73. The molecule has 5 nitrogen and oxygen atoms in total. The Morgan fingerprint density at radius 2 is 1.95 bits per heavy atom. The van der Waals surface area contributed by atoms with Gasteiger partial charge in [-0.3, -0.25) is 0 Å². The first kappa shape index (κ1) is 14.4. The first-order valence-corrected chi connectivity index (χ1v) is 7.28. The predicted molar refractivity (Wildman–Crippen MR) is 70.2 cm³/mol. The summed E-state index contributed by atoms with van der Waals surface area (Å²) in [5.74, 6) is -2.61. The molecule has 2 aromatic rings. The largest absolute Gasteiger partial charge is 0.378 e. The summed E-state index contributed by atoms with van der Waals surface area (Å²) in [7, 11) is -2.69. The molecule has 1 aromatic carbocycles. The molecule has 0 spiro atoms. The van der Waals surface area contributed by atoms with Crippen LogP contribution in [0.15, 0.2) is 41.6 Å². The number of nitrogens with one attached hydrogen (secondary N) is 1. The Kier molecular flexibility index (Phi) is 4.03. The molecule has 0 aliphatic rings. The third-order valence-corrected chi connectivity index (χ3v) is 4.19. The summed E-state index contributed by atoms with van der Waals surface area (Å²) in [6.45, 7) is 0.449. The number of hydrogen-bond donors (Lipinski definition) is 1. The van der Waals surface area contributed by atoms with E-state index in [4.69, 9.17) is 0 Å². The Labute approximate surface area is 115 Å². The molecule has 0 fully saturated rings. The molecule has 0 amide bonds. The number of nitrogens with zero attached hydrogens (tertiary/aromatic N) is 2. The summed E-state index contributed by atoms with van der Waals surface area (Å²) in [4.78, 5) is 3.72. The molecule has 1 heterocycles. The number of hydrogen-bond acceptors (Lipinski definition) is 4. The topological polar surface area (TPSA) is 64.0 Å². The molecule has 0 unspecified atom stereocenters. The van der Waals surface area contributed by atoms with Gasteiger partial charge in [0, 0.05) is 25.1 Å². The van der Waals surface area contributed by atoms with Crippen molar-refractivity contribution in [1.29, 1.82) is 0 Å². The van der Waals surface area contributed by atoms with Gasteiger partial charge in [-0.2, -0.15) is 8.78 Å². The molecular weight excluding hydrogens is 288 g/mol. The summed E-state index contributed by atoms with van der Waals surface area (Å²) < 4.78 is 49.1. The van der Waals surface area contributed by atoms with Gasteiger partial charge in [-0.15, -0.1) is 0 Å². The molecule has 0 saturated carbocycles. The number of imidazole rings is 1. The molecule has 0 radical (unpaired) electrons. The van der Waals surface area contributed by atoms with Crippen molar-refractivity contribution < 1.29 is 17.2 Å². The molecule has 1 aromatic heterocycles. The third-order valence-electron chi connectivity index (χ3n) is 2.79. The summed E-state index contributed by atoms with van der Waals surface area (Å²) in [5.41, 5.74) is 0.626. The van der Waals surface area contributed by atoms with E-state index < -0.39 is 20.5 Å². The van der Waals surface area contributed by atoms with Crippen molar-refractivity contribution in [2.45, 2.75) is 17.2 Å². The van der Waals surface area contributed by atoms with Crippen molar-refractivity contribution in [3.8, 4) is 0 Å². The maximum absolute atomic E-state index is 12.4. The number of rotatable bonds is 5. The quantitative estimate of drug-likeness (QED) is 0.918. The van der Waals surface area contributed by atoms with Gasteiger partial charge in [0.1, 0.15) is 5.82 Å². The zero-order valence-corrected chi connectivity index (χ0v) is 11.4. The Bertz CT molecular complexity index is 681. The second-order valence-electron chi connectivity index (χ2n) is 4.14. The first-order chi connectivity index (χ1) is 9.41. The van der Waals surface area contributed by atoms with Crippen LogP contribution in [0.5, 0.6) is 0 Å². The summed E-state index contributed by atoms with van der Waals surface area (Å²) >= 11 is 0. The number of aromatic nitrogens is 2. The Morgan fingerprint density at radius 3 is 2.45 bits per heavy atom. The fourth-order valence-corrected chi connectivity index (χ4v) is 2.33. The number of sulfone groups is 1. The van der Waals surface area contributed by atoms with Crippen LogP contribution in [0.4, 0.5) is 14.5 Å². The van der Waals surface area contributed by atoms with Crippen LogP contribution >= 0.6 is 0 Å². The lowest BCUT2D eigenvalue weighted by atomic mass is 10.3. The van der Waals surface area contributed by atoms with E-state index in [9.17, 15) is 17.2 Å². The van der Waals surface area contributed by atoms with Gasteiger partial charge in [-0.25, -0.2) is 13.4 Å². The van der Waals surface area contributed by atoms with Gasteiger partial charge in [0.25, 0.3) is 0 Å². The third kappa shape index (κ3) is 2.96. The number of anilines is 1. The highest BCUT2D eigenvalue weighted by Crippen LogP contribution is 2.20. The zero-order chi connectivity index (χ0) is 14.8. The minimum absolute atomic E-state index is 0.393. The number of halogens is 2. The normalized spacial score (nSPS) is 11.8. The molecule has 0 saturated heterocycles. The van der Waals surface area contributed by atoms with E-state index in [0.717, 1.165) is 18.0 Å². The number of aryl methyl sites for hydroxylation is 1.